The van der Waals surface area contributed by atoms with Crippen molar-refractivity contribution in [2.75, 3.05) is 9.80 Å². The zero-order valence-corrected chi connectivity index (χ0v) is 19.7. The van der Waals surface area contributed by atoms with Crippen molar-refractivity contribution in [3.8, 4) is 5.75 Å². The normalized spacial score (nSPS) is 14.6. The summed E-state index contributed by atoms with van der Waals surface area (Å²) in [5, 5.41) is 22.2. The third-order valence-electron chi connectivity index (χ3n) is 6.10. The van der Waals surface area contributed by atoms with E-state index in [1.54, 1.807) is 0 Å². The molecule has 2 aliphatic rings. The van der Waals surface area contributed by atoms with Gasteiger partial charge in [0.1, 0.15) is 0 Å². The van der Waals surface area contributed by atoms with Gasteiger partial charge in [-0.15, -0.1) is 0 Å². The highest BCUT2D eigenvalue weighted by molar-refractivity contribution is 6.36. The Kier molecular flexibility index (Phi) is 6.01. The Balaban J connectivity index is 1.64. The van der Waals surface area contributed by atoms with Gasteiger partial charge in [0.05, 0.1) is 43.5 Å². The number of nitro groups is 2. The summed E-state index contributed by atoms with van der Waals surface area (Å²) in [7, 11) is 0. The van der Waals surface area contributed by atoms with Crippen molar-refractivity contribution in [2.24, 2.45) is 0 Å². The van der Waals surface area contributed by atoms with Crippen molar-refractivity contribution in [1.29, 1.82) is 0 Å². The van der Waals surface area contributed by atoms with E-state index in [2.05, 4.69) is 4.74 Å². The fourth-order valence-corrected chi connectivity index (χ4v) is 4.24. The van der Waals surface area contributed by atoms with Crippen LogP contribution in [-0.2, 0) is 0 Å². The fraction of sp³-hybridized carbons (Fsp3) is 0.0833. The second-order valence-electron chi connectivity index (χ2n) is 8.48. The van der Waals surface area contributed by atoms with E-state index in [1.807, 2.05) is 0 Å². The van der Waals surface area contributed by atoms with Gasteiger partial charge in [0.2, 0.25) is 0 Å². The van der Waals surface area contributed by atoms with Crippen molar-refractivity contribution < 1.29 is 51.3 Å². The Labute approximate surface area is 223 Å². The molecule has 0 saturated heterocycles. The predicted molar refractivity (Wildman–Crippen MR) is 126 cm³/mol. The van der Waals surface area contributed by atoms with E-state index >= 15 is 0 Å². The van der Waals surface area contributed by atoms with Crippen molar-refractivity contribution in [2.45, 2.75) is 12.5 Å². The number of carbonyl (C=O) groups excluding carboxylic acids is 4. The number of alkyl halides is 4. The molecule has 0 bridgehead atoms. The average molecular weight is 574 g/mol. The van der Waals surface area contributed by atoms with Crippen molar-refractivity contribution in [1.82, 2.24) is 0 Å². The quantitative estimate of drug-likeness (QED) is 0.172. The van der Waals surface area contributed by atoms with Crippen LogP contribution in [0, 0.1) is 20.2 Å². The van der Waals surface area contributed by atoms with Crippen LogP contribution in [0.2, 0.25) is 0 Å². The molecule has 208 valence electrons. The van der Waals surface area contributed by atoms with Crippen molar-refractivity contribution in [3.63, 3.8) is 0 Å². The minimum atomic E-state index is -5.12. The summed E-state index contributed by atoms with van der Waals surface area (Å²) < 4.78 is 57.8. The number of amides is 4. The molecule has 0 spiro atoms. The van der Waals surface area contributed by atoms with E-state index in [-0.39, 0.29) is 16.0 Å². The average Bonchev–Trinajstić information content (AvgIpc) is 3.32. The largest absolute Gasteiger partial charge is 0.461 e. The summed E-state index contributed by atoms with van der Waals surface area (Å²) in [5.41, 5.74) is -4.04. The van der Waals surface area contributed by atoms with Crippen LogP contribution < -0.4 is 14.5 Å². The lowest BCUT2D eigenvalue weighted by atomic mass is 10.1. The Morgan fingerprint density at radius 3 is 1.63 bits per heavy atom. The number of rotatable bonds is 7. The van der Waals surface area contributed by atoms with Gasteiger partial charge >= 0.3 is 12.5 Å². The van der Waals surface area contributed by atoms with Gasteiger partial charge in [0.15, 0.2) is 5.75 Å². The zero-order chi connectivity index (χ0) is 30.0. The minimum Gasteiger partial charge on any atom is -0.426 e. The lowest BCUT2D eigenvalue weighted by Gasteiger charge is -2.24. The minimum absolute atomic E-state index is 0.206. The molecule has 17 heteroatoms. The summed E-state index contributed by atoms with van der Waals surface area (Å²) >= 11 is 0. The molecule has 3 aromatic rings. The van der Waals surface area contributed by atoms with Crippen molar-refractivity contribution in [3.05, 3.63) is 97.1 Å². The third kappa shape index (κ3) is 4.19. The molecule has 5 rings (SSSR count). The number of imide groups is 2. The summed E-state index contributed by atoms with van der Waals surface area (Å²) in [6, 6.07) is 7.44. The van der Waals surface area contributed by atoms with Crippen LogP contribution in [0.1, 0.15) is 41.4 Å². The molecule has 0 fully saturated rings. The Hall–Kier alpha value is -5.74. The van der Waals surface area contributed by atoms with Crippen molar-refractivity contribution >= 4 is 46.4 Å². The number of nitro benzene ring substituents is 2. The van der Waals surface area contributed by atoms with Gasteiger partial charge in [-0.05, 0) is 30.3 Å². The first-order chi connectivity index (χ1) is 19.2. The van der Waals surface area contributed by atoms with Crippen LogP contribution in [0.15, 0.2) is 54.6 Å². The van der Waals surface area contributed by atoms with E-state index in [0.717, 1.165) is 42.5 Å². The highest BCUT2D eigenvalue weighted by Gasteiger charge is 2.47. The summed E-state index contributed by atoms with van der Waals surface area (Å²) in [4.78, 5) is 73.5. The molecule has 0 aliphatic carbocycles. The molecule has 0 radical (unpaired) electrons. The van der Waals surface area contributed by atoms with Crippen LogP contribution in [0.5, 0.6) is 5.75 Å². The topological polar surface area (TPSA) is 170 Å². The highest BCUT2D eigenvalue weighted by Crippen LogP contribution is 2.42. The smallest absolute Gasteiger partial charge is 0.426 e. The molecule has 2 heterocycles. The number of non-ortho nitro benzene ring substituents is 2. The van der Waals surface area contributed by atoms with Crippen LogP contribution in [0.4, 0.5) is 40.3 Å². The standard InChI is InChI=1S/C24H10F4N4O9/c25-23(26)24(27,28)41-18-6-3-10(29-19(33)13-4-1-11(31(37)38)7-15(13)21(29)35)9-17(18)30-20(34)14-5-2-12(32(39)40)8-16(14)22(30)36/h1-9,23H. The number of ether oxygens (including phenoxy) is 1. The van der Waals surface area contributed by atoms with Gasteiger partial charge in [-0.1, -0.05) is 0 Å². The van der Waals surface area contributed by atoms with E-state index in [0.29, 0.717) is 17.0 Å². The second-order valence-corrected chi connectivity index (χ2v) is 8.48. The number of hydrogen-bond acceptors (Lipinski definition) is 9. The number of nitrogens with zero attached hydrogens (tertiary/aromatic N) is 4. The van der Waals surface area contributed by atoms with E-state index < -0.39 is 85.6 Å². The predicted octanol–water partition coefficient (Wildman–Crippen LogP) is 4.34. The van der Waals surface area contributed by atoms with E-state index in [4.69, 9.17) is 0 Å². The van der Waals surface area contributed by atoms with Gasteiger partial charge < -0.3 is 4.74 Å². The van der Waals surface area contributed by atoms with Gasteiger partial charge in [-0.3, -0.25) is 39.4 Å². The monoisotopic (exact) mass is 574 g/mol. The van der Waals surface area contributed by atoms with E-state index in [9.17, 15) is 57.0 Å². The molecule has 0 saturated carbocycles. The molecule has 3 aromatic carbocycles. The Morgan fingerprint density at radius 2 is 1.15 bits per heavy atom. The molecule has 41 heavy (non-hydrogen) atoms. The summed E-state index contributed by atoms with van der Waals surface area (Å²) in [5.74, 6) is -5.75. The van der Waals surface area contributed by atoms with Crippen LogP contribution >= 0.6 is 0 Å². The van der Waals surface area contributed by atoms with Gasteiger partial charge in [0, 0.05) is 24.3 Å². The number of halogens is 4. The number of anilines is 2. The number of hydrogen-bond donors (Lipinski definition) is 0. The summed E-state index contributed by atoms with van der Waals surface area (Å²) in [6.45, 7) is 0. The second kappa shape index (κ2) is 9.18. The van der Waals surface area contributed by atoms with Gasteiger partial charge in [-0.25, -0.2) is 9.80 Å². The number of fused-ring (bicyclic) bond motifs is 2. The van der Waals surface area contributed by atoms with Gasteiger partial charge in [0.25, 0.3) is 35.0 Å². The third-order valence-corrected chi connectivity index (χ3v) is 6.10. The first-order valence-corrected chi connectivity index (χ1v) is 11.1. The Bertz CT molecular complexity index is 1740. The first-order valence-electron chi connectivity index (χ1n) is 11.1. The van der Waals surface area contributed by atoms with Gasteiger partial charge in [-0.2, -0.15) is 17.6 Å². The van der Waals surface area contributed by atoms with Crippen LogP contribution in [0.3, 0.4) is 0 Å². The zero-order valence-electron chi connectivity index (χ0n) is 19.7. The molecule has 13 nitrogen and oxygen atoms in total. The van der Waals surface area contributed by atoms with E-state index in [1.165, 1.54) is 0 Å². The molecule has 2 aliphatic heterocycles. The maximum atomic E-state index is 13.9. The van der Waals surface area contributed by atoms with Crippen LogP contribution in [0.25, 0.3) is 0 Å². The maximum Gasteiger partial charge on any atom is 0.461 e. The fourth-order valence-electron chi connectivity index (χ4n) is 4.24. The lowest BCUT2D eigenvalue weighted by molar-refractivity contribution is -0.385. The molecule has 0 N–H and O–H groups in total. The maximum absolute atomic E-state index is 13.9. The molecule has 0 aromatic heterocycles. The SMILES string of the molecule is O=C1c2ccc([N+](=O)[O-])cc2C(=O)N1c1ccc(OC(F)(F)C(F)F)c(N2C(=O)c3ccc([N+](=O)[O-])cc3C2=O)c1. The molecular weight excluding hydrogens is 564 g/mol. The lowest BCUT2D eigenvalue weighted by Crippen LogP contribution is -2.36. The number of carbonyl (C=O) groups is 4. The summed E-state index contributed by atoms with van der Waals surface area (Å²) in [6.07, 6.45) is -9.48. The number of benzene rings is 3. The molecule has 4 amide bonds. The van der Waals surface area contributed by atoms with Crippen LogP contribution in [-0.4, -0.2) is 46.0 Å². The highest BCUT2D eigenvalue weighted by atomic mass is 19.3. The molecular formula is C24H10F4N4O9. The Morgan fingerprint density at radius 1 is 0.683 bits per heavy atom. The molecule has 0 atom stereocenters. The first kappa shape index (κ1) is 26.9. The molecule has 0 unspecified atom stereocenters.